The molecule has 4 nitrogen and oxygen atoms in total. The number of nitrogens with one attached hydrogen (secondary N) is 2. The molecule has 1 saturated carbocycles. The van der Waals surface area contributed by atoms with Gasteiger partial charge in [-0.25, -0.2) is 4.39 Å². The van der Waals surface area contributed by atoms with Crippen LogP contribution in [0.2, 0.25) is 5.02 Å². The Morgan fingerprint density at radius 2 is 2.15 bits per heavy atom. The molecule has 6 heteroatoms. The first-order valence-electron chi connectivity index (χ1n) is 6.25. The van der Waals surface area contributed by atoms with E-state index in [-0.39, 0.29) is 29.1 Å². The van der Waals surface area contributed by atoms with Crippen molar-refractivity contribution in [3.8, 4) is 0 Å². The van der Waals surface area contributed by atoms with E-state index >= 15 is 0 Å². The molecule has 1 aliphatic carbocycles. The van der Waals surface area contributed by atoms with Gasteiger partial charge in [-0.05, 0) is 31.1 Å². The molecule has 2 rings (SSSR count). The van der Waals surface area contributed by atoms with E-state index in [4.69, 9.17) is 11.6 Å². The molecule has 1 aliphatic rings. The fraction of sp³-hybridized carbons (Fsp3) is 0.286. The van der Waals surface area contributed by atoms with Gasteiger partial charge in [-0.15, -0.1) is 0 Å². The van der Waals surface area contributed by atoms with Crippen molar-refractivity contribution in [2.45, 2.75) is 18.9 Å². The van der Waals surface area contributed by atoms with Crippen LogP contribution in [-0.2, 0) is 9.59 Å². The van der Waals surface area contributed by atoms with E-state index in [1.54, 1.807) is 0 Å². The van der Waals surface area contributed by atoms with Crippen molar-refractivity contribution in [3.63, 3.8) is 0 Å². The maximum absolute atomic E-state index is 13.4. The fourth-order valence-corrected chi connectivity index (χ4v) is 1.79. The minimum Gasteiger partial charge on any atom is -0.352 e. The van der Waals surface area contributed by atoms with Crippen LogP contribution in [0.15, 0.2) is 24.3 Å². The second-order valence-electron chi connectivity index (χ2n) is 4.53. The maximum Gasteiger partial charge on any atom is 0.244 e. The molecule has 0 saturated heterocycles. The second kappa shape index (κ2) is 6.52. The summed E-state index contributed by atoms with van der Waals surface area (Å²) in [6, 6.07) is 4.53. The molecule has 0 heterocycles. The number of hydrogen-bond donors (Lipinski definition) is 2. The zero-order chi connectivity index (χ0) is 14.5. The van der Waals surface area contributed by atoms with Gasteiger partial charge in [0.2, 0.25) is 11.8 Å². The molecule has 0 radical (unpaired) electrons. The summed E-state index contributed by atoms with van der Waals surface area (Å²) >= 11 is 5.82. The normalized spacial score (nSPS) is 14.3. The topological polar surface area (TPSA) is 58.2 Å². The number of amides is 2. The molecule has 2 N–H and O–H groups in total. The molecular formula is C14H14ClFN2O2. The van der Waals surface area contributed by atoms with Crippen molar-refractivity contribution in [1.82, 2.24) is 10.6 Å². The van der Waals surface area contributed by atoms with E-state index in [0.29, 0.717) is 0 Å². The molecule has 1 aromatic carbocycles. The third kappa shape index (κ3) is 4.35. The molecule has 0 atom stereocenters. The summed E-state index contributed by atoms with van der Waals surface area (Å²) in [5.74, 6) is -1.21. The van der Waals surface area contributed by atoms with Crippen molar-refractivity contribution in [2.75, 3.05) is 6.54 Å². The minimum atomic E-state index is -0.506. The van der Waals surface area contributed by atoms with Crippen molar-refractivity contribution < 1.29 is 14.0 Å². The molecule has 106 valence electrons. The van der Waals surface area contributed by atoms with Gasteiger partial charge in [0.1, 0.15) is 5.82 Å². The van der Waals surface area contributed by atoms with Crippen LogP contribution in [0.25, 0.3) is 6.08 Å². The molecule has 1 aromatic rings. The van der Waals surface area contributed by atoms with Gasteiger partial charge in [-0.2, -0.15) is 0 Å². The first-order chi connectivity index (χ1) is 9.56. The van der Waals surface area contributed by atoms with Crippen molar-refractivity contribution in [1.29, 1.82) is 0 Å². The summed E-state index contributed by atoms with van der Waals surface area (Å²) in [5.41, 5.74) is 0.145. The highest BCUT2D eigenvalue weighted by Gasteiger charge is 2.22. The lowest BCUT2D eigenvalue weighted by molar-refractivity contribution is -0.124. The Bertz CT molecular complexity index is 536. The highest BCUT2D eigenvalue weighted by atomic mass is 35.5. The number of carbonyl (C=O) groups is 2. The summed E-state index contributed by atoms with van der Waals surface area (Å²) < 4.78 is 13.4. The Kier molecular flexibility index (Phi) is 4.74. The van der Waals surface area contributed by atoms with Crippen LogP contribution in [0.3, 0.4) is 0 Å². The summed E-state index contributed by atoms with van der Waals surface area (Å²) in [7, 11) is 0. The fourth-order valence-electron chi connectivity index (χ4n) is 1.56. The predicted molar refractivity (Wildman–Crippen MR) is 74.6 cm³/mol. The van der Waals surface area contributed by atoms with E-state index in [1.807, 2.05) is 0 Å². The van der Waals surface area contributed by atoms with Gasteiger partial charge in [0.05, 0.1) is 11.6 Å². The summed E-state index contributed by atoms with van der Waals surface area (Å²) in [5, 5.41) is 5.39. The van der Waals surface area contributed by atoms with Crippen LogP contribution in [0.1, 0.15) is 18.4 Å². The van der Waals surface area contributed by atoms with Gasteiger partial charge in [0, 0.05) is 17.7 Å². The van der Waals surface area contributed by atoms with Crippen LogP contribution >= 0.6 is 11.6 Å². The average Bonchev–Trinajstić information content (AvgIpc) is 3.19. The van der Waals surface area contributed by atoms with Crippen LogP contribution in [-0.4, -0.2) is 24.4 Å². The van der Waals surface area contributed by atoms with Gasteiger partial charge in [0.15, 0.2) is 0 Å². The van der Waals surface area contributed by atoms with E-state index in [0.717, 1.165) is 18.9 Å². The lowest BCUT2D eigenvalue weighted by Gasteiger charge is -2.03. The standard InChI is InChI=1S/C14H14ClFN2O2/c15-11-2-1-3-12(16)10(11)6-7-13(19)17-8-14(20)18-9-4-5-9/h1-3,6-7,9H,4-5,8H2,(H,17,19)(H,18,20)/b7-6+. The largest absolute Gasteiger partial charge is 0.352 e. The molecule has 0 unspecified atom stereocenters. The molecule has 0 aliphatic heterocycles. The van der Waals surface area contributed by atoms with E-state index in [1.165, 1.54) is 24.3 Å². The van der Waals surface area contributed by atoms with Crippen LogP contribution in [0.5, 0.6) is 0 Å². The Morgan fingerprint density at radius 3 is 2.80 bits per heavy atom. The molecule has 1 fully saturated rings. The minimum absolute atomic E-state index is 0.0926. The van der Waals surface area contributed by atoms with Gasteiger partial charge in [-0.1, -0.05) is 17.7 Å². The summed E-state index contributed by atoms with van der Waals surface area (Å²) in [6.45, 7) is -0.0926. The SMILES string of the molecule is O=C(/C=C/c1c(F)cccc1Cl)NCC(=O)NC1CC1. The van der Waals surface area contributed by atoms with Crippen molar-refractivity contribution >= 4 is 29.5 Å². The van der Waals surface area contributed by atoms with Gasteiger partial charge >= 0.3 is 0 Å². The first-order valence-corrected chi connectivity index (χ1v) is 6.63. The predicted octanol–water partition coefficient (Wildman–Crippen LogP) is 1.89. The van der Waals surface area contributed by atoms with E-state index in [9.17, 15) is 14.0 Å². The molecular weight excluding hydrogens is 283 g/mol. The third-order valence-electron chi connectivity index (χ3n) is 2.77. The zero-order valence-corrected chi connectivity index (χ0v) is 11.4. The van der Waals surface area contributed by atoms with Crippen LogP contribution in [0, 0.1) is 5.82 Å². The Morgan fingerprint density at radius 1 is 1.40 bits per heavy atom. The highest BCUT2D eigenvalue weighted by Crippen LogP contribution is 2.20. The van der Waals surface area contributed by atoms with Gasteiger partial charge in [-0.3, -0.25) is 9.59 Å². The molecule has 0 spiro atoms. The summed E-state index contributed by atoms with van der Waals surface area (Å²) in [4.78, 5) is 22.9. The smallest absolute Gasteiger partial charge is 0.244 e. The molecule has 2 amide bonds. The van der Waals surface area contributed by atoms with E-state index in [2.05, 4.69) is 10.6 Å². The average molecular weight is 297 g/mol. The Labute approximate surface area is 121 Å². The van der Waals surface area contributed by atoms with Crippen molar-refractivity contribution in [2.24, 2.45) is 0 Å². The summed E-state index contributed by atoms with van der Waals surface area (Å²) in [6.07, 6.45) is 4.41. The number of benzene rings is 1. The van der Waals surface area contributed by atoms with E-state index < -0.39 is 11.7 Å². The zero-order valence-electron chi connectivity index (χ0n) is 10.7. The first kappa shape index (κ1) is 14.5. The van der Waals surface area contributed by atoms with Gasteiger partial charge in [0.25, 0.3) is 0 Å². The second-order valence-corrected chi connectivity index (χ2v) is 4.94. The maximum atomic E-state index is 13.4. The molecule has 0 bridgehead atoms. The molecule has 20 heavy (non-hydrogen) atoms. The van der Waals surface area contributed by atoms with Crippen LogP contribution in [0.4, 0.5) is 4.39 Å². The monoisotopic (exact) mass is 296 g/mol. The third-order valence-corrected chi connectivity index (χ3v) is 3.10. The number of halogens is 2. The van der Waals surface area contributed by atoms with Crippen LogP contribution < -0.4 is 10.6 Å². The van der Waals surface area contributed by atoms with Crippen molar-refractivity contribution in [3.05, 3.63) is 40.7 Å². The quantitative estimate of drug-likeness (QED) is 0.815. The Balaban J connectivity index is 1.84. The Hall–Kier alpha value is -1.88. The number of hydrogen-bond acceptors (Lipinski definition) is 2. The lowest BCUT2D eigenvalue weighted by Crippen LogP contribution is -2.37. The molecule has 0 aromatic heterocycles. The van der Waals surface area contributed by atoms with Gasteiger partial charge < -0.3 is 10.6 Å². The number of carbonyl (C=O) groups excluding carboxylic acids is 2. The number of rotatable bonds is 5. The highest BCUT2D eigenvalue weighted by molar-refractivity contribution is 6.32. The lowest BCUT2D eigenvalue weighted by atomic mass is 10.2.